The lowest BCUT2D eigenvalue weighted by Crippen LogP contribution is -2.57. The van der Waals surface area contributed by atoms with Gasteiger partial charge < -0.3 is 29.5 Å². The first-order valence-electron chi connectivity index (χ1n) is 5.88. The molecule has 18 heavy (non-hydrogen) atoms. The zero-order valence-electron chi connectivity index (χ0n) is 10.5. The normalized spacial score (nSPS) is 36.4. The molecule has 1 saturated heterocycles. The minimum absolute atomic E-state index is 0.213. The first-order chi connectivity index (χ1) is 8.43. The van der Waals surface area contributed by atoms with Crippen molar-refractivity contribution in [1.29, 1.82) is 0 Å². The Morgan fingerprint density at radius 2 is 1.83 bits per heavy atom. The summed E-state index contributed by atoms with van der Waals surface area (Å²) in [6, 6.07) is 0. The fourth-order valence-corrected chi connectivity index (χ4v) is 1.63. The van der Waals surface area contributed by atoms with Crippen molar-refractivity contribution in [1.82, 2.24) is 0 Å². The van der Waals surface area contributed by atoms with Crippen LogP contribution in [-0.4, -0.2) is 65.2 Å². The summed E-state index contributed by atoms with van der Waals surface area (Å²) in [7, 11) is 0. The molecule has 7 nitrogen and oxygen atoms in total. The van der Waals surface area contributed by atoms with Gasteiger partial charge in [0.2, 0.25) is 0 Å². The maximum absolute atomic E-state index is 10.5. The monoisotopic (exact) mass is 264 g/mol. The minimum atomic E-state index is -1.30. The van der Waals surface area contributed by atoms with E-state index in [-0.39, 0.29) is 19.2 Å². The molecule has 0 unspecified atom stereocenters. The van der Waals surface area contributed by atoms with E-state index in [1.54, 1.807) is 6.92 Å². The SMILES string of the molecule is CC(=O)OCCCO[C@H]1O[C@H](C)[C@@H](O)[C@H](O)[C@H]1O. The third-order valence-electron chi connectivity index (χ3n) is 2.68. The van der Waals surface area contributed by atoms with Gasteiger partial charge in [-0.1, -0.05) is 0 Å². The molecule has 0 aromatic carbocycles. The highest BCUT2D eigenvalue weighted by Crippen LogP contribution is 2.21. The van der Waals surface area contributed by atoms with Crippen molar-refractivity contribution >= 4 is 5.97 Å². The van der Waals surface area contributed by atoms with Gasteiger partial charge in [-0.2, -0.15) is 0 Å². The number of esters is 1. The van der Waals surface area contributed by atoms with Gasteiger partial charge in [0.1, 0.15) is 18.3 Å². The van der Waals surface area contributed by atoms with Crippen molar-refractivity contribution in [2.45, 2.75) is 51.0 Å². The van der Waals surface area contributed by atoms with Crippen LogP contribution in [0.5, 0.6) is 0 Å². The first-order valence-corrected chi connectivity index (χ1v) is 5.88. The quantitative estimate of drug-likeness (QED) is 0.422. The molecule has 3 N–H and O–H groups in total. The highest BCUT2D eigenvalue weighted by Gasteiger charge is 2.42. The van der Waals surface area contributed by atoms with Gasteiger partial charge in [-0.3, -0.25) is 4.79 Å². The number of hydrogen-bond acceptors (Lipinski definition) is 7. The van der Waals surface area contributed by atoms with Gasteiger partial charge in [0.25, 0.3) is 0 Å². The number of ether oxygens (including phenoxy) is 3. The Kier molecular flexibility index (Phi) is 5.97. The molecule has 106 valence electrons. The Morgan fingerprint density at radius 3 is 2.44 bits per heavy atom. The second-order valence-corrected chi connectivity index (χ2v) is 4.25. The number of aliphatic hydroxyl groups is 3. The zero-order valence-corrected chi connectivity index (χ0v) is 10.5. The molecule has 0 spiro atoms. The molecule has 0 aromatic rings. The largest absolute Gasteiger partial charge is 0.466 e. The first kappa shape index (κ1) is 15.3. The number of hydrogen-bond donors (Lipinski definition) is 3. The lowest BCUT2D eigenvalue weighted by Gasteiger charge is -2.38. The third-order valence-corrected chi connectivity index (χ3v) is 2.68. The molecule has 0 aromatic heterocycles. The molecule has 0 bridgehead atoms. The summed E-state index contributed by atoms with van der Waals surface area (Å²) in [5.74, 6) is -0.365. The molecule has 1 rings (SSSR count). The van der Waals surface area contributed by atoms with E-state index in [2.05, 4.69) is 0 Å². The van der Waals surface area contributed by atoms with Crippen molar-refractivity contribution < 1.29 is 34.3 Å². The molecule has 1 fully saturated rings. The summed E-state index contributed by atoms with van der Waals surface area (Å²) in [5.41, 5.74) is 0. The molecule has 1 heterocycles. The number of carbonyl (C=O) groups is 1. The summed E-state index contributed by atoms with van der Waals surface area (Å²) >= 11 is 0. The summed E-state index contributed by atoms with van der Waals surface area (Å²) in [6.45, 7) is 3.33. The van der Waals surface area contributed by atoms with Crippen molar-refractivity contribution in [2.24, 2.45) is 0 Å². The molecule has 0 aliphatic carbocycles. The van der Waals surface area contributed by atoms with Crippen molar-refractivity contribution in [3.05, 3.63) is 0 Å². The molecule has 0 amide bonds. The van der Waals surface area contributed by atoms with E-state index in [0.717, 1.165) is 0 Å². The number of carbonyl (C=O) groups excluding carboxylic acids is 1. The van der Waals surface area contributed by atoms with Gasteiger partial charge in [-0.15, -0.1) is 0 Å². The van der Waals surface area contributed by atoms with Crippen LogP contribution in [0.4, 0.5) is 0 Å². The summed E-state index contributed by atoms with van der Waals surface area (Å²) in [4.78, 5) is 10.5. The van der Waals surface area contributed by atoms with Gasteiger partial charge >= 0.3 is 5.97 Å². The summed E-state index contributed by atoms with van der Waals surface area (Å²) < 4.78 is 15.2. The second kappa shape index (κ2) is 7.01. The average molecular weight is 264 g/mol. The molecule has 0 radical (unpaired) electrons. The van der Waals surface area contributed by atoms with Crippen LogP contribution in [0.15, 0.2) is 0 Å². The predicted molar refractivity (Wildman–Crippen MR) is 59.6 cm³/mol. The Balaban J connectivity index is 2.27. The Morgan fingerprint density at radius 1 is 1.17 bits per heavy atom. The van der Waals surface area contributed by atoms with Crippen LogP contribution in [0.2, 0.25) is 0 Å². The third kappa shape index (κ3) is 4.18. The maximum atomic E-state index is 10.5. The van der Waals surface area contributed by atoms with Crippen molar-refractivity contribution in [2.75, 3.05) is 13.2 Å². The van der Waals surface area contributed by atoms with E-state index in [1.165, 1.54) is 6.92 Å². The topological polar surface area (TPSA) is 105 Å². The van der Waals surface area contributed by atoms with Crippen molar-refractivity contribution in [3.63, 3.8) is 0 Å². The number of rotatable bonds is 5. The zero-order chi connectivity index (χ0) is 13.7. The molecule has 7 heteroatoms. The van der Waals surface area contributed by atoms with Crippen LogP contribution in [0, 0.1) is 0 Å². The molecular weight excluding hydrogens is 244 g/mol. The fraction of sp³-hybridized carbons (Fsp3) is 0.909. The van der Waals surface area contributed by atoms with E-state index in [1.807, 2.05) is 0 Å². The van der Waals surface area contributed by atoms with Gasteiger partial charge in [-0.05, 0) is 6.92 Å². The summed E-state index contributed by atoms with van der Waals surface area (Å²) in [6.07, 6.45) is -4.89. The maximum Gasteiger partial charge on any atom is 0.302 e. The Labute approximate surface area is 105 Å². The van der Waals surface area contributed by atoms with E-state index in [0.29, 0.717) is 6.42 Å². The van der Waals surface area contributed by atoms with E-state index in [9.17, 15) is 20.1 Å². The van der Waals surface area contributed by atoms with E-state index < -0.39 is 30.7 Å². The smallest absolute Gasteiger partial charge is 0.302 e. The molecule has 5 atom stereocenters. The van der Waals surface area contributed by atoms with Gasteiger partial charge in [-0.25, -0.2) is 0 Å². The molecule has 0 saturated carbocycles. The lowest BCUT2D eigenvalue weighted by molar-refractivity contribution is -0.293. The lowest BCUT2D eigenvalue weighted by atomic mass is 10.0. The van der Waals surface area contributed by atoms with E-state index in [4.69, 9.17) is 14.2 Å². The molecule has 1 aliphatic heterocycles. The van der Waals surface area contributed by atoms with Crippen LogP contribution < -0.4 is 0 Å². The fourth-order valence-electron chi connectivity index (χ4n) is 1.63. The van der Waals surface area contributed by atoms with Crippen LogP contribution in [0.3, 0.4) is 0 Å². The van der Waals surface area contributed by atoms with Gasteiger partial charge in [0.05, 0.1) is 19.3 Å². The minimum Gasteiger partial charge on any atom is -0.466 e. The Bertz CT molecular complexity index is 270. The highest BCUT2D eigenvalue weighted by atomic mass is 16.7. The van der Waals surface area contributed by atoms with Crippen LogP contribution in [0.1, 0.15) is 20.3 Å². The van der Waals surface area contributed by atoms with Gasteiger partial charge in [0.15, 0.2) is 6.29 Å². The average Bonchev–Trinajstić information content (AvgIpc) is 2.32. The van der Waals surface area contributed by atoms with E-state index >= 15 is 0 Å². The summed E-state index contributed by atoms with van der Waals surface area (Å²) in [5, 5.41) is 28.6. The predicted octanol–water partition coefficient (Wildman–Crippen LogP) is -1.22. The molecular formula is C11H20O7. The highest BCUT2D eigenvalue weighted by molar-refractivity contribution is 5.65. The van der Waals surface area contributed by atoms with Crippen LogP contribution in [0.25, 0.3) is 0 Å². The second-order valence-electron chi connectivity index (χ2n) is 4.25. The standard InChI is InChI=1S/C11H20O7/c1-6-8(13)9(14)10(15)11(18-6)17-5-3-4-16-7(2)12/h6,8-11,13-15H,3-5H2,1-2H3/t6-,8-,9+,10-,11+/m1/s1. The molecule has 1 aliphatic rings. The van der Waals surface area contributed by atoms with Crippen molar-refractivity contribution in [3.8, 4) is 0 Å². The van der Waals surface area contributed by atoms with Gasteiger partial charge in [0, 0.05) is 13.3 Å². The van der Waals surface area contributed by atoms with Crippen LogP contribution in [-0.2, 0) is 19.0 Å². The number of aliphatic hydroxyl groups excluding tert-OH is 3. The van der Waals surface area contributed by atoms with Crippen LogP contribution >= 0.6 is 0 Å². The Hall–Kier alpha value is -0.730.